The van der Waals surface area contributed by atoms with Crippen LogP contribution in [-0.2, 0) is 6.42 Å². The number of alkyl halides is 3. The zero-order valence-corrected chi connectivity index (χ0v) is 21.7. The standard InChI is InChI=1S/C31H38F3N3/c1-3-24-10-8-12-27(22-24)30(29-15-6-7-18-35-29)36-23(2)25-16-20-37(21-17-25)19-9-13-26-11-4-5-14-28(26)31(32,33)34/h6-8,10-12,14-15,18,22,25,30,36H,2-5,9,13,16-17,19-21H2,1H3. The van der Waals surface area contributed by atoms with Gasteiger partial charge in [-0.25, -0.2) is 0 Å². The molecule has 2 aromatic rings. The van der Waals surface area contributed by atoms with E-state index in [2.05, 4.69) is 53.0 Å². The third-order valence-corrected chi connectivity index (χ3v) is 7.56. The van der Waals surface area contributed by atoms with Crippen molar-refractivity contribution in [2.45, 2.75) is 64.1 Å². The summed E-state index contributed by atoms with van der Waals surface area (Å²) in [6.07, 6.45) is 6.10. The molecule has 1 atom stereocenters. The van der Waals surface area contributed by atoms with Crippen molar-refractivity contribution in [3.05, 3.63) is 101 Å². The summed E-state index contributed by atoms with van der Waals surface area (Å²) in [5, 5.41) is 3.69. The molecule has 1 fully saturated rings. The van der Waals surface area contributed by atoms with Crippen molar-refractivity contribution in [1.29, 1.82) is 0 Å². The van der Waals surface area contributed by atoms with Gasteiger partial charge in [0.15, 0.2) is 0 Å². The summed E-state index contributed by atoms with van der Waals surface area (Å²) < 4.78 is 39.9. The van der Waals surface area contributed by atoms with Crippen molar-refractivity contribution in [2.24, 2.45) is 5.92 Å². The van der Waals surface area contributed by atoms with Crippen molar-refractivity contribution in [3.8, 4) is 0 Å². The number of hydrogen-bond acceptors (Lipinski definition) is 3. The van der Waals surface area contributed by atoms with Crippen LogP contribution in [0.2, 0.25) is 0 Å². The van der Waals surface area contributed by atoms with E-state index in [1.165, 1.54) is 17.2 Å². The topological polar surface area (TPSA) is 28.2 Å². The number of halogens is 3. The molecule has 1 unspecified atom stereocenters. The Kier molecular flexibility index (Phi) is 9.25. The van der Waals surface area contributed by atoms with Gasteiger partial charge in [0, 0.05) is 17.8 Å². The second kappa shape index (κ2) is 12.6. The van der Waals surface area contributed by atoms with E-state index >= 15 is 0 Å². The highest BCUT2D eigenvalue weighted by atomic mass is 19.4. The maximum absolute atomic E-state index is 13.3. The molecule has 3 nitrogen and oxygen atoms in total. The van der Waals surface area contributed by atoms with E-state index in [1.54, 1.807) is 6.08 Å². The van der Waals surface area contributed by atoms with Gasteiger partial charge in [0.1, 0.15) is 0 Å². The summed E-state index contributed by atoms with van der Waals surface area (Å²) in [4.78, 5) is 7.00. The van der Waals surface area contributed by atoms with Crippen LogP contribution in [0.3, 0.4) is 0 Å². The molecule has 1 aromatic heterocycles. The van der Waals surface area contributed by atoms with Crippen LogP contribution < -0.4 is 5.32 Å². The van der Waals surface area contributed by atoms with Crippen molar-refractivity contribution < 1.29 is 13.2 Å². The number of likely N-dealkylation sites (tertiary alicyclic amines) is 1. The first-order valence-corrected chi connectivity index (χ1v) is 13.5. The van der Waals surface area contributed by atoms with Crippen LogP contribution >= 0.6 is 0 Å². The van der Waals surface area contributed by atoms with Crippen molar-refractivity contribution >= 4 is 0 Å². The Morgan fingerprint density at radius 2 is 1.89 bits per heavy atom. The normalized spacial score (nSPS) is 18.2. The first kappa shape index (κ1) is 27.2. The number of benzene rings is 1. The van der Waals surface area contributed by atoms with E-state index in [0.717, 1.165) is 56.7 Å². The average molecular weight is 510 g/mol. The van der Waals surface area contributed by atoms with Crippen LogP contribution in [0.5, 0.6) is 0 Å². The molecular weight excluding hydrogens is 471 g/mol. The van der Waals surface area contributed by atoms with Gasteiger partial charge >= 0.3 is 6.18 Å². The third-order valence-electron chi connectivity index (χ3n) is 7.56. The van der Waals surface area contributed by atoms with E-state index in [9.17, 15) is 13.2 Å². The fourth-order valence-corrected chi connectivity index (χ4v) is 5.43. The summed E-state index contributed by atoms with van der Waals surface area (Å²) in [6.45, 7) is 9.28. The molecule has 1 aliphatic heterocycles. The third kappa shape index (κ3) is 7.35. The van der Waals surface area contributed by atoms with Crippen LogP contribution in [0.15, 0.2) is 84.2 Å². The molecule has 1 N–H and O–H groups in total. The molecule has 37 heavy (non-hydrogen) atoms. The summed E-state index contributed by atoms with van der Waals surface area (Å²) in [6, 6.07) is 14.6. The van der Waals surface area contributed by atoms with Crippen LogP contribution in [0.25, 0.3) is 0 Å². The number of aromatic nitrogens is 1. The van der Waals surface area contributed by atoms with Gasteiger partial charge in [-0.15, -0.1) is 0 Å². The first-order valence-electron chi connectivity index (χ1n) is 13.5. The zero-order chi connectivity index (χ0) is 26.3. The lowest BCUT2D eigenvalue weighted by Gasteiger charge is -2.34. The predicted molar refractivity (Wildman–Crippen MR) is 144 cm³/mol. The molecule has 2 heterocycles. The minimum absolute atomic E-state index is 0.0575. The summed E-state index contributed by atoms with van der Waals surface area (Å²) in [7, 11) is 0. The fraction of sp³-hybridized carbons (Fsp3) is 0.452. The molecule has 0 amide bonds. The van der Waals surface area contributed by atoms with Crippen LogP contribution in [0, 0.1) is 5.92 Å². The summed E-state index contributed by atoms with van der Waals surface area (Å²) in [5.41, 5.74) is 4.52. The van der Waals surface area contributed by atoms with Gasteiger partial charge in [-0.3, -0.25) is 4.98 Å². The Bertz CT molecular complexity index is 1100. The molecule has 0 saturated carbocycles. The number of allylic oxidation sites excluding steroid dienone is 5. The smallest absolute Gasteiger partial charge is 0.376 e. The SMILES string of the molecule is C=C(NC(c1cccc(CC)c1)c1ccccn1)C1CCN(CCCC2=CCCC=C2C(F)(F)F)CC1. The minimum Gasteiger partial charge on any atom is -0.376 e. The van der Waals surface area contributed by atoms with Crippen LogP contribution in [0.1, 0.15) is 68.3 Å². The van der Waals surface area contributed by atoms with E-state index in [4.69, 9.17) is 0 Å². The van der Waals surface area contributed by atoms with E-state index < -0.39 is 11.7 Å². The second-order valence-corrected chi connectivity index (χ2v) is 10.1. The fourth-order valence-electron chi connectivity index (χ4n) is 5.43. The average Bonchev–Trinajstić information content (AvgIpc) is 2.92. The Morgan fingerprint density at radius 3 is 2.59 bits per heavy atom. The largest absolute Gasteiger partial charge is 0.416 e. The quantitative estimate of drug-likeness (QED) is 0.359. The lowest BCUT2D eigenvalue weighted by atomic mass is 9.91. The molecule has 4 rings (SSSR count). The zero-order valence-electron chi connectivity index (χ0n) is 21.7. The number of nitrogens with zero attached hydrogens (tertiary/aromatic N) is 2. The molecule has 0 spiro atoms. The molecule has 1 saturated heterocycles. The number of rotatable bonds is 10. The maximum atomic E-state index is 13.3. The highest BCUT2D eigenvalue weighted by Gasteiger charge is 2.36. The van der Waals surface area contributed by atoms with Gasteiger partial charge in [0.25, 0.3) is 0 Å². The van der Waals surface area contributed by atoms with Crippen LogP contribution in [-0.4, -0.2) is 35.7 Å². The summed E-state index contributed by atoms with van der Waals surface area (Å²) >= 11 is 0. The maximum Gasteiger partial charge on any atom is 0.416 e. The molecule has 0 bridgehead atoms. The van der Waals surface area contributed by atoms with Crippen molar-refractivity contribution in [2.75, 3.05) is 19.6 Å². The monoisotopic (exact) mass is 509 g/mol. The van der Waals surface area contributed by atoms with Gasteiger partial charge in [-0.2, -0.15) is 13.2 Å². The molecule has 6 heteroatoms. The molecule has 1 aromatic carbocycles. The van der Waals surface area contributed by atoms with Gasteiger partial charge in [-0.05, 0) is 93.4 Å². The Balaban J connectivity index is 1.30. The lowest BCUT2D eigenvalue weighted by Crippen LogP contribution is -2.37. The van der Waals surface area contributed by atoms with E-state index in [0.29, 0.717) is 30.8 Å². The number of hydrogen-bond donors (Lipinski definition) is 1. The Morgan fingerprint density at radius 1 is 1.11 bits per heavy atom. The number of nitrogens with one attached hydrogen (secondary N) is 1. The van der Waals surface area contributed by atoms with Crippen molar-refractivity contribution in [1.82, 2.24) is 15.2 Å². The van der Waals surface area contributed by atoms with Gasteiger partial charge in [0.05, 0.1) is 17.3 Å². The highest BCUT2D eigenvalue weighted by molar-refractivity contribution is 5.37. The second-order valence-electron chi connectivity index (χ2n) is 10.1. The molecule has 198 valence electrons. The van der Waals surface area contributed by atoms with Gasteiger partial charge in [-0.1, -0.05) is 56.0 Å². The Hall–Kier alpha value is -2.86. The van der Waals surface area contributed by atoms with Gasteiger partial charge < -0.3 is 10.2 Å². The molecular formula is C31H38F3N3. The molecule has 1 aliphatic carbocycles. The molecule has 2 aliphatic rings. The molecule has 0 radical (unpaired) electrons. The van der Waals surface area contributed by atoms with Crippen molar-refractivity contribution in [3.63, 3.8) is 0 Å². The number of pyridine rings is 1. The van der Waals surface area contributed by atoms with E-state index in [-0.39, 0.29) is 6.04 Å². The number of aryl methyl sites for hydroxylation is 1. The van der Waals surface area contributed by atoms with Gasteiger partial charge in [0.2, 0.25) is 0 Å². The summed E-state index contributed by atoms with van der Waals surface area (Å²) in [5.74, 6) is 0.359. The highest BCUT2D eigenvalue weighted by Crippen LogP contribution is 2.36. The minimum atomic E-state index is -4.25. The Labute approximate surface area is 219 Å². The van der Waals surface area contributed by atoms with Crippen LogP contribution in [0.4, 0.5) is 13.2 Å². The van der Waals surface area contributed by atoms with E-state index in [1.807, 2.05) is 24.4 Å². The first-order chi connectivity index (χ1) is 17.8. The lowest BCUT2D eigenvalue weighted by molar-refractivity contribution is -0.0900. The predicted octanol–water partition coefficient (Wildman–Crippen LogP) is 7.54. The number of piperidine rings is 1.